The van der Waals surface area contributed by atoms with E-state index in [1.807, 2.05) is 28.6 Å². The molecule has 0 spiro atoms. The smallest absolute Gasteiger partial charge is 0.320 e. The Bertz CT molecular complexity index is 350. The Labute approximate surface area is 124 Å². The van der Waals surface area contributed by atoms with Crippen LogP contribution in [-0.2, 0) is 4.79 Å². The number of carboxylic acid groups (broad SMARTS) is 1. The van der Waals surface area contributed by atoms with E-state index in [0.29, 0.717) is 12.0 Å². The summed E-state index contributed by atoms with van der Waals surface area (Å²) in [6.45, 7) is 1.54. The predicted octanol–water partition coefficient (Wildman–Crippen LogP) is 2.12. The van der Waals surface area contributed by atoms with Crippen LogP contribution in [0, 0.1) is 5.92 Å². The molecule has 0 radical (unpaired) electrons. The zero-order chi connectivity index (χ0) is 14.5. The molecule has 0 saturated carbocycles. The number of hydrogen-bond donors (Lipinski definition) is 1. The van der Waals surface area contributed by atoms with Gasteiger partial charge in [-0.05, 0) is 37.4 Å². The van der Waals surface area contributed by atoms with Crippen molar-refractivity contribution in [2.24, 2.45) is 5.92 Å². The van der Waals surface area contributed by atoms with E-state index >= 15 is 0 Å². The molecular weight excluding hydrogens is 276 g/mol. The Morgan fingerprint density at radius 2 is 2.00 bits per heavy atom. The standard InChI is InChI=1S/C14H24N2O3S/c1-15(12-6-9-20-10-12)14(19)16-7-4-11(5-8-16)2-3-13(17)18/h11-12H,2-10H2,1H3,(H,17,18). The molecular formula is C14H24N2O3S. The molecule has 2 heterocycles. The van der Waals surface area contributed by atoms with E-state index in [1.54, 1.807) is 0 Å². The summed E-state index contributed by atoms with van der Waals surface area (Å²) in [7, 11) is 1.91. The van der Waals surface area contributed by atoms with Gasteiger partial charge < -0.3 is 14.9 Å². The third-order valence-corrected chi connectivity index (χ3v) is 5.55. The fourth-order valence-corrected chi connectivity index (χ4v) is 4.22. The second-order valence-corrected chi connectivity index (χ2v) is 6.92. The van der Waals surface area contributed by atoms with Crippen LogP contribution in [-0.4, -0.2) is 64.6 Å². The number of carbonyl (C=O) groups is 2. The van der Waals surface area contributed by atoms with Gasteiger partial charge in [-0.1, -0.05) is 0 Å². The van der Waals surface area contributed by atoms with Gasteiger partial charge in [-0.3, -0.25) is 4.79 Å². The zero-order valence-electron chi connectivity index (χ0n) is 12.1. The number of hydrogen-bond acceptors (Lipinski definition) is 3. The fourth-order valence-electron chi connectivity index (χ4n) is 2.95. The molecule has 2 amide bonds. The van der Waals surface area contributed by atoms with Crippen LogP contribution in [0.3, 0.4) is 0 Å². The summed E-state index contributed by atoms with van der Waals surface area (Å²) in [4.78, 5) is 26.8. The molecule has 0 aromatic rings. The number of nitrogens with zero attached hydrogens (tertiary/aromatic N) is 2. The van der Waals surface area contributed by atoms with E-state index in [0.717, 1.165) is 50.3 Å². The Kier molecular flexibility index (Phi) is 5.57. The minimum atomic E-state index is -0.720. The van der Waals surface area contributed by atoms with Crippen LogP contribution in [0.1, 0.15) is 32.1 Å². The highest BCUT2D eigenvalue weighted by Crippen LogP contribution is 2.25. The van der Waals surface area contributed by atoms with Gasteiger partial charge in [-0.25, -0.2) is 4.79 Å². The maximum Gasteiger partial charge on any atom is 0.320 e. The highest BCUT2D eigenvalue weighted by atomic mass is 32.2. The van der Waals surface area contributed by atoms with Crippen LogP contribution in [0.2, 0.25) is 0 Å². The third-order valence-electron chi connectivity index (χ3n) is 4.41. The summed E-state index contributed by atoms with van der Waals surface area (Å²) in [5.74, 6) is 1.95. The third kappa shape index (κ3) is 4.04. The number of urea groups is 1. The van der Waals surface area contributed by atoms with Gasteiger partial charge in [0.25, 0.3) is 0 Å². The number of amides is 2. The van der Waals surface area contributed by atoms with Crippen LogP contribution in [0.15, 0.2) is 0 Å². The van der Waals surface area contributed by atoms with E-state index in [4.69, 9.17) is 5.11 Å². The van der Waals surface area contributed by atoms with Gasteiger partial charge in [-0.2, -0.15) is 11.8 Å². The molecule has 0 aromatic carbocycles. The van der Waals surface area contributed by atoms with Crippen molar-refractivity contribution in [3.63, 3.8) is 0 Å². The molecule has 2 rings (SSSR count). The number of carboxylic acids is 1. The highest BCUT2D eigenvalue weighted by molar-refractivity contribution is 7.99. The van der Waals surface area contributed by atoms with Crippen LogP contribution in [0.25, 0.3) is 0 Å². The predicted molar refractivity (Wildman–Crippen MR) is 80.1 cm³/mol. The molecule has 6 heteroatoms. The second kappa shape index (κ2) is 7.20. The van der Waals surface area contributed by atoms with E-state index < -0.39 is 5.97 Å². The minimum absolute atomic E-state index is 0.147. The van der Waals surface area contributed by atoms with Crippen LogP contribution in [0.4, 0.5) is 4.79 Å². The summed E-state index contributed by atoms with van der Waals surface area (Å²) < 4.78 is 0. The first-order chi connectivity index (χ1) is 9.58. The Hall–Kier alpha value is -0.910. The molecule has 0 aromatic heterocycles. The van der Waals surface area contributed by atoms with Crippen molar-refractivity contribution in [1.29, 1.82) is 0 Å². The van der Waals surface area contributed by atoms with E-state index in [9.17, 15) is 9.59 Å². The SMILES string of the molecule is CN(C(=O)N1CCC(CCC(=O)O)CC1)C1CCSC1. The molecule has 1 atom stereocenters. The molecule has 5 nitrogen and oxygen atoms in total. The number of carbonyl (C=O) groups excluding carboxylic acids is 1. The molecule has 2 fully saturated rings. The maximum absolute atomic E-state index is 12.4. The average Bonchev–Trinajstić information content (AvgIpc) is 2.98. The minimum Gasteiger partial charge on any atom is -0.481 e. The van der Waals surface area contributed by atoms with E-state index in [-0.39, 0.29) is 12.5 Å². The van der Waals surface area contributed by atoms with Crippen molar-refractivity contribution in [1.82, 2.24) is 9.80 Å². The van der Waals surface area contributed by atoms with Gasteiger partial charge in [0.05, 0.1) is 0 Å². The monoisotopic (exact) mass is 300 g/mol. The van der Waals surface area contributed by atoms with Crippen LogP contribution >= 0.6 is 11.8 Å². The summed E-state index contributed by atoms with van der Waals surface area (Å²) in [6, 6.07) is 0.534. The normalized spacial score (nSPS) is 23.9. The van der Waals surface area contributed by atoms with Crippen molar-refractivity contribution in [3.05, 3.63) is 0 Å². The number of likely N-dealkylation sites (tertiary alicyclic amines) is 1. The molecule has 114 valence electrons. The molecule has 2 aliphatic rings. The molecule has 20 heavy (non-hydrogen) atoms. The van der Waals surface area contributed by atoms with Crippen molar-refractivity contribution in [2.45, 2.75) is 38.1 Å². The fraction of sp³-hybridized carbons (Fsp3) is 0.857. The number of aliphatic carboxylic acids is 1. The average molecular weight is 300 g/mol. The van der Waals surface area contributed by atoms with Crippen molar-refractivity contribution in [2.75, 3.05) is 31.6 Å². The lowest BCUT2D eigenvalue weighted by atomic mass is 9.92. The number of piperidine rings is 1. The Morgan fingerprint density at radius 1 is 1.30 bits per heavy atom. The number of thioether (sulfide) groups is 1. The Morgan fingerprint density at radius 3 is 2.55 bits per heavy atom. The van der Waals surface area contributed by atoms with E-state index in [2.05, 4.69) is 0 Å². The second-order valence-electron chi connectivity index (χ2n) is 5.77. The van der Waals surface area contributed by atoms with Gasteiger partial charge in [0.1, 0.15) is 0 Å². The van der Waals surface area contributed by atoms with Crippen molar-refractivity contribution < 1.29 is 14.7 Å². The summed E-state index contributed by atoms with van der Waals surface area (Å²) in [6.07, 6.45) is 3.96. The summed E-state index contributed by atoms with van der Waals surface area (Å²) >= 11 is 1.92. The zero-order valence-corrected chi connectivity index (χ0v) is 12.9. The van der Waals surface area contributed by atoms with Gasteiger partial charge in [0.2, 0.25) is 0 Å². The molecule has 0 aliphatic carbocycles. The van der Waals surface area contributed by atoms with Gasteiger partial charge >= 0.3 is 12.0 Å². The van der Waals surface area contributed by atoms with Gasteiger partial charge in [0.15, 0.2) is 0 Å². The molecule has 1 N–H and O–H groups in total. The first-order valence-electron chi connectivity index (χ1n) is 7.39. The molecule has 2 aliphatic heterocycles. The summed E-state index contributed by atoms with van der Waals surface area (Å²) in [5.41, 5.74) is 0. The molecule has 0 bridgehead atoms. The van der Waals surface area contributed by atoms with Crippen LogP contribution < -0.4 is 0 Å². The first-order valence-corrected chi connectivity index (χ1v) is 8.54. The van der Waals surface area contributed by atoms with Gasteiger partial charge in [0, 0.05) is 38.4 Å². The molecule has 2 saturated heterocycles. The largest absolute Gasteiger partial charge is 0.481 e. The van der Waals surface area contributed by atoms with Gasteiger partial charge in [-0.15, -0.1) is 0 Å². The lowest BCUT2D eigenvalue weighted by Crippen LogP contribution is -2.48. The topological polar surface area (TPSA) is 60.9 Å². The lowest BCUT2D eigenvalue weighted by Gasteiger charge is -2.36. The van der Waals surface area contributed by atoms with Crippen molar-refractivity contribution >= 4 is 23.8 Å². The van der Waals surface area contributed by atoms with Crippen molar-refractivity contribution in [3.8, 4) is 0 Å². The molecule has 1 unspecified atom stereocenters. The first kappa shape index (κ1) is 15.5. The number of rotatable bonds is 4. The maximum atomic E-state index is 12.4. The summed E-state index contributed by atoms with van der Waals surface area (Å²) in [5, 5.41) is 8.71. The Balaban J connectivity index is 1.75. The highest BCUT2D eigenvalue weighted by Gasteiger charge is 2.29. The lowest BCUT2D eigenvalue weighted by molar-refractivity contribution is -0.137. The van der Waals surface area contributed by atoms with Crippen LogP contribution in [0.5, 0.6) is 0 Å². The van der Waals surface area contributed by atoms with E-state index in [1.165, 1.54) is 0 Å². The quantitative estimate of drug-likeness (QED) is 0.864.